The zero-order valence-corrected chi connectivity index (χ0v) is 20.0. The summed E-state index contributed by atoms with van der Waals surface area (Å²) in [7, 11) is 0. The molecule has 4 saturated carbocycles. The molecule has 4 fully saturated rings. The number of carbonyl (C=O) groups excluding carboxylic acids is 3. The first-order chi connectivity index (χ1) is 15.7. The number of carboxylic acid groups (broad SMARTS) is 1. The second-order valence-electron chi connectivity index (χ2n) is 11.7. The van der Waals surface area contributed by atoms with Gasteiger partial charge in [-0.1, -0.05) is 20.8 Å². The van der Waals surface area contributed by atoms with E-state index in [2.05, 4.69) is 20.8 Å². The van der Waals surface area contributed by atoms with Crippen LogP contribution in [0.4, 0.5) is 0 Å². The van der Waals surface area contributed by atoms with Gasteiger partial charge >= 0.3 is 5.97 Å². The van der Waals surface area contributed by atoms with E-state index in [4.69, 9.17) is 9.47 Å². The van der Waals surface area contributed by atoms with Gasteiger partial charge in [0.2, 0.25) is 0 Å². The molecule has 1 N–H and O–H groups in total. The molecule has 0 aliphatic heterocycles. The predicted octanol–water partition coefficient (Wildman–Crippen LogP) is 4.02. The quantitative estimate of drug-likeness (QED) is 0.543. The van der Waals surface area contributed by atoms with Gasteiger partial charge in [-0.25, -0.2) is 0 Å². The van der Waals surface area contributed by atoms with Crippen LogP contribution in [0.1, 0.15) is 78.6 Å². The zero-order valence-electron chi connectivity index (χ0n) is 20.0. The number of hydrogen-bond acceptors (Lipinski definition) is 6. The average molecular weight is 463 g/mol. The molecule has 0 unspecified atom stereocenters. The summed E-state index contributed by atoms with van der Waals surface area (Å²) in [4.78, 5) is 47.3. The fraction of sp³-hybridized carbons (Fsp3) is 0.846. The van der Waals surface area contributed by atoms with E-state index in [9.17, 15) is 24.3 Å². The van der Waals surface area contributed by atoms with Gasteiger partial charge in [-0.2, -0.15) is 0 Å². The normalized spacial score (nSPS) is 45.2. The molecule has 0 amide bonds. The molecule has 0 saturated heterocycles. The number of aliphatic carboxylic acids is 1. The Morgan fingerprint density at radius 1 is 1.12 bits per heavy atom. The molecular formula is C26H38O7. The van der Waals surface area contributed by atoms with E-state index in [1.54, 1.807) is 0 Å². The van der Waals surface area contributed by atoms with Crippen LogP contribution >= 0.6 is 0 Å². The first kappa shape index (κ1) is 24.2. The van der Waals surface area contributed by atoms with Crippen LogP contribution in [0, 0.1) is 46.3 Å². The number of fused-ring (bicyclic) bond motifs is 5. The van der Waals surface area contributed by atoms with E-state index in [1.165, 1.54) is 0 Å². The van der Waals surface area contributed by atoms with Crippen LogP contribution in [-0.2, 0) is 28.7 Å². The van der Waals surface area contributed by atoms with Crippen LogP contribution in [0.5, 0.6) is 0 Å². The number of ether oxygens (including phenoxy) is 2. The van der Waals surface area contributed by atoms with Crippen LogP contribution in [-0.4, -0.2) is 42.0 Å². The topological polar surface area (TPSA) is 107 Å². The van der Waals surface area contributed by atoms with Crippen molar-refractivity contribution in [2.75, 3.05) is 0 Å². The molecule has 0 aromatic rings. The molecule has 7 nitrogen and oxygen atoms in total. The van der Waals surface area contributed by atoms with E-state index in [1.807, 2.05) is 0 Å². The average Bonchev–Trinajstić information content (AvgIpc) is 3.12. The van der Waals surface area contributed by atoms with Gasteiger partial charge in [0.05, 0.1) is 0 Å². The monoisotopic (exact) mass is 462 g/mol. The minimum Gasteiger partial charge on any atom is -0.481 e. The molecule has 0 heterocycles. The summed E-state index contributed by atoms with van der Waals surface area (Å²) in [5, 5.41) is 9.17. The molecule has 0 aromatic carbocycles. The zero-order chi connectivity index (χ0) is 24.0. The lowest BCUT2D eigenvalue weighted by Gasteiger charge is -2.61. The highest BCUT2D eigenvalue weighted by molar-refractivity contribution is 5.83. The number of ketones is 1. The van der Waals surface area contributed by atoms with Crippen molar-refractivity contribution >= 4 is 24.7 Å². The third-order valence-corrected chi connectivity index (χ3v) is 10.5. The third kappa shape index (κ3) is 3.89. The molecule has 4 aliphatic rings. The molecule has 4 aliphatic carbocycles. The first-order valence-corrected chi connectivity index (χ1v) is 12.6. The predicted molar refractivity (Wildman–Crippen MR) is 119 cm³/mol. The van der Waals surface area contributed by atoms with Gasteiger partial charge in [-0.05, 0) is 80.0 Å². The summed E-state index contributed by atoms with van der Waals surface area (Å²) >= 11 is 0. The number of hydrogen-bond donors (Lipinski definition) is 1. The van der Waals surface area contributed by atoms with E-state index >= 15 is 0 Å². The molecule has 0 aromatic heterocycles. The van der Waals surface area contributed by atoms with Gasteiger partial charge in [0.25, 0.3) is 12.9 Å². The lowest BCUT2D eigenvalue weighted by atomic mass is 9.43. The van der Waals surface area contributed by atoms with Crippen molar-refractivity contribution in [3.05, 3.63) is 0 Å². The smallest absolute Gasteiger partial charge is 0.303 e. The molecule has 0 bridgehead atoms. The van der Waals surface area contributed by atoms with Gasteiger partial charge < -0.3 is 14.6 Å². The fourth-order valence-electron chi connectivity index (χ4n) is 8.83. The fourth-order valence-corrected chi connectivity index (χ4v) is 8.83. The van der Waals surface area contributed by atoms with E-state index in [-0.39, 0.29) is 65.0 Å². The lowest BCUT2D eigenvalue weighted by Crippen LogP contribution is -2.61. The summed E-state index contributed by atoms with van der Waals surface area (Å²) in [5.74, 6) is 0.368. The Morgan fingerprint density at radius 3 is 2.52 bits per heavy atom. The standard InChI is InChI=1S/C26H38O7/c1-15(4-7-23(30)31)18-5-6-19-24-20(12-22(33-14-28)26(18,19)3)25(2)9-8-17(32-13-27)10-16(25)11-21(24)29/h13-20,22,24H,4-12H2,1-3H3,(H,30,31)/t15-,16+,17-,18-,19+,20+,22+,24+,25+,26-/m1/s1. The molecule has 33 heavy (non-hydrogen) atoms. The summed E-state index contributed by atoms with van der Waals surface area (Å²) in [6.07, 6.45) is 5.83. The molecule has 0 spiro atoms. The van der Waals surface area contributed by atoms with Crippen LogP contribution in [0.15, 0.2) is 0 Å². The molecule has 0 radical (unpaired) electrons. The van der Waals surface area contributed by atoms with Gasteiger partial charge in [0.15, 0.2) is 0 Å². The van der Waals surface area contributed by atoms with Gasteiger partial charge in [0, 0.05) is 24.2 Å². The summed E-state index contributed by atoms with van der Waals surface area (Å²) < 4.78 is 11.1. The van der Waals surface area contributed by atoms with Crippen LogP contribution in [0.25, 0.3) is 0 Å². The largest absolute Gasteiger partial charge is 0.481 e. The first-order valence-electron chi connectivity index (χ1n) is 12.6. The number of rotatable bonds is 8. The summed E-state index contributed by atoms with van der Waals surface area (Å²) in [6, 6.07) is 0. The van der Waals surface area contributed by atoms with Crippen LogP contribution < -0.4 is 0 Å². The number of carbonyl (C=O) groups is 4. The third-order valence-electron chi connectivity index (χ3n) is 10.5. The summed E-state index contributed by atoms with van der Waals surface area (Å²) in [5.41, 5.74) is -0.364. The maximum absolute atomic E-state index is 13.6. The van der Waals surface area contributed by atoms with Crippen LogP contribution in [0.3, 0.4) is 0 Å². The Kier molecular flexibility index (Phi) is 6.62. The molecule has 184 valence electrons. The maximum Gasteiger partial charge on any atom is 0.303 e. The Morgan fingerprint density at radius 2 is 1.85 bits per heavy atom. The van der Waals surface area contributed by atoms with Gasteiger partial charge in [-0.15, -0.1) is 0 Å². The maximum atomic E-state index is 13.6. The Bertz CT molecular complexity index is 796. The van der Waals surface area contributed by atoms with Crippen molar-refractivity contribution < 1.29 is 33.8 Å². The van der Waals surface area contributed by atoms with Crippen molar-refractivity contribution in [1.29, 1.82) is 0 Å². The highest BCUT2D eigenvalue weighted by atomic mass is 16.5. The van der Waals surface area contributed by atoms with Crippen molar-refractivity contribution in [2.24, 2.45) is 46.3 Å². The second-order valence-corrected chi connectivity index (χ2v) is 11.7. The summed E-state index contributed by atoms with van der Waals surface area (Å²) in [6.45, 7) is 7.67. The highest BCUT2D eigenvalue weighted by Crippen LogP contribution is 2.68. The van der Waals surface area contributed by atoms with Gasteiger partial charge in [0.1, 0.15) is 18.0 Å². The van der Waals surface area contributed by atoms with Crippen molar-refractivity contribution in [3.63, 3.8) is 0 Å². The van der Waals surface area contributed by atoms with Crippen molar-refractivity contribution in [3.8, 4) is 0 Å². The van der Waals surface area contributed by atoms with Crippen molar-refractivity contribution in [2.45, 2.75) is 90.8 Å². The number of carboxylic acids is 1. The van der Waals surface area contributed by atoms with E-state index in [0.29, 0.717) is 38.0 Å². The minimum absolute atomic E-state index is 0.0389. The Hall–Kier alpha value is -1.92. The molecule has 7 heteroatoms. The van der Waals surface area contributed by atoms with Crippen molar-refractivity contribution in [1.82, 2.24) is 0 Å². The number of Topliss-reactive ketones (excluding diaryl/α,β-unsaturated/α-hetero) is 1. The molecular weight excluding hydrogens is 424 g/mol. The SMILES string of the molecule is C[C@H](CCC(=O)O)[C@H]1CC[C@H]2[C@@H]3C(=O)C[C@@H]4C[C@H](OC=O)CC[C@]4(C)[C@H]3C[C@H](OC=O)[C@]12C. The Labute approximate surface area is 196 Å². The minimum atomic E-state index is -0.790. The second kappa shape index (κ2) is 9.03. The van der Waals surface area contributed by atoms with E-state index < -0.39 is 5.97 Å². The lowest BCUT2D eigenvalue weighted by molar-refractivity contribution is -0.192. The molecule has 10 atom stereocenters. The highest BCUT2D eigenvalue weighted by Gasteiger charge is 2.66. The Balaban J connectivity index is 1.64. The van der Waals surface area contributed by atoms with Gasteiger partial charge in [-0.3, -0.25) is 19.2 Å². The molecule has 4 rings (SSSR count). The van der Waals surface area contributed by atoms with Crippen LogP contribution in [0.2, 0.25) is 0 Å². The van der Waals surface area contributed by atoms with E-state index in [0.717, 1.165) is 32.1 Å².